The predicted molar refractivity (Wildman–Crippen MR) is 110 cm³/mol. The molecule has 1 aliphatic rings. The first-order chi connectivity index (χ1) is 13.4. The van der Waals surface area contributed by atoms with E-state index < -0.39 is 0 Å². The number of hydrogen-bond donors (Lipinski definition) is 1. The van der Waals surface area contributed by atoms with Gasteiger partial charge < -0.3 is 15.0 Å². The summed E-state index contributed by atoms with van der Waals surface area (Å²) in [5.41, 5.74) is 1.85. The largest absolute Gasteiger partial charge is 0.454 e. The highest BCUT2D eigenvalue weighted by molar-refractivity contribution is 6.42. The average molecular weight is 413 g/mol. The summed E-state index contributed by atoms with van der Waals surface area (Å²) in [5.74, 6) is 0.418. The highest BCUT2D eigenvalue weighted by atomic mass is 35.5. The van der Waals surface area contributed by atoms with Crippen LogP contribution in [-0.4, -0.2) is 18.9 Å². The maximum atomic E-state index is 12.9. The van der Waals surface area contributed by atoms with Crippen LogP contribution < -0.4 is 15.0 Å². The third-order valence-electron chi connectivity index (χ3n) is 4.40. The molecule has 7 heteroatoms. The fourth-order valence-corrected chi connectivity index (χ4v) is 3.23. The van der Waals surface area contributed by atoms with Gasteiger partial charge in [-0.2, -0.15) is 0 Å². The number of nitrogens with zero attached hydrogens (tertiary/aromatic N) is 1. The average Bonchev–Trinajstić information content (AvgIpc) is 2.79. The van der Waals surface area contributed by atoms with Gasteiger partial charge in [0.15, 0.2) is 5.75 Å². The van der Waals surface area contributed by atoms with E-state index in [1.807, 2.05) is 18.2 Å². The van der Waals surface area contributed by atoms with Gasteiger partial charge in [0.25, 0.3) is 11.8 Å². The third kappa shape index (κ3) is 3.30. The van der Waals surface area contributed by atoms with Crippen molar-refractivity contribution in [3.8, 4) is 11.5 Å². The molecule has 0 radical (unpaired) electrons. The zero-order valence-corrected chi connectivity index (χ0v) is 16.2. The molecule has 140 valence electrons. The van der Waals surface area contributed by atoms with Gasteiger partial charge in [-0.1, -0.05) is 35.3 Å². The molecular weight excluding hydrogens is 399 g/mol. The van der Waals surface area contributed by atoms with Crippen molar-refractivity contribution in [2.75, 3.05) is 17.3 Å². The summed E-state index contributed by atoms with van der Waals surface area (Å²) in [6.07, 6.45) is 0. The van der Waals surface area contributed by atoms with E-state index in [0.717, 1.165) is 0 Å². The summed E-state index contributed by atoms with van der Waals surface area (Å²) in [4.78, 5) is 26.9. The Kier molecular flexibility index (Phi) is 4.71. The molecule has 1 N–H and O–H groups in total. The monoisotopic (exact) mass is 412 g/mol. The van der Waals surface area contributed by atoms with Crippen LogP contribution >= 0.6 is 23.2 Å². The van der Waals surface area contributed by atoms with E-state index >= 15 is 0 Å². The molecule has 0 atom stereocenters. The molecule has 0 saturated heterocycles. The zero-order valence-electron chi connectivity index (χ0n) is 14.7. The molecule has 4 rings (SSSR count). The molecule has 0 unspecified atom stereocenters. The van der Waals surface area contributed by atoms with Crippen LogP contribution in [0.4, 0.5) is 11.4 Å². The maximum absolute atomic E-state index is 12.9. The van der Waals surface area contributed by atoms with E-state index in [-0.39, 0.29) is 11.8 Å². The molecule has 1 heterocycles. The Hall–Kier alpha value is -3.02. The summed E-state index contributed by atoms with van der Waals surface area (Å²) >= 11 is 11.9. The van der Waals surface area contributed by atoms with Gasteiger partial charge in [0.1, 0.15) is 5.75 Å². The molecule has 0 bridgehead atoms. The summed E-state index contributed by atoms with van der Waals surface area (Å²) in [7, 11) is 1.68. The van der Waals surface area contributed by atoms with Crippen molar-refractivity contribution >= 4 is 46.4 Å². The SMILES string of the molecule is CN1C(=O)c2cc(NC(=O)c3ccc(Cl)c(Cl)c3)ccc2Oc2ccccc21. The fourth-order valence-electron chi connectivity index (χ4n) is 2.93. The number of para-hydroxylation sites is 2. The minimum Gasteiger partial charge on any atom is -0.454 e. The molecule has 0 spiro atoms. The Bertz CT molecular complexity index is 1110. The van der Waals surface area contributed by atoms with E-state index in [1.54, 1.807) is 43.4 Å². The van der Waals surface area contributed by atoms with Crippen LogP contribution in [0.1, 0.15) is 20.7 Å². The lowest BCUT2D eigenvalue weighted by Crippen LogP contribution is -2.25. The highest BCUT2D eigenvalue weighted by Gasteiger charge is 2.26. The van der Waals surface area contributed by atoms with Gasteiger partial charge in [-0.25, -0.2) is 0 Å². The van der Waals surface area contributed by atoms with Crippen molar-refractivity contribution in [2.45, 2.75) is 0 Å². The first-order valence-electron chi connectivity index (χ1n) is 8.39. The van der Waals surface area contributed by atoms with Crippen LogP contribution in [0.3, 0.4) is 0 Å². The van der Waals surface area contributed by atoms with Gasteiger partial charge in [0.05, 0.1) is 21.3 Å². The van der Waals surface area contributed by atoms with Crippen molar-refractivity contribution in [1.82, 2.24) is 0 Å². The van der Waals surface area contributed by atoms with Crippen molar-refractivity contribution in [2.24, 2.45) is 0 Å². The van der Waals surface area contributed by atoms with Crippen LogP contribution in [0.15, 0.2) is 60.7 Å². The van der Waals surface area contributed by atoms with Crippen molar-refractivity contribution in [3.63, 3.8) is 0 Å². The molecule has 0 saturated carbocycles. The summed E-state index contributed by atoms with van der Waals surface area (Å²) in [5, 5.41) is 3.43. The zero-order chi connectivity index (χ0) is 19.8. The number of benzene rings is 3. The third-order valence-corrected chi connectivity index (χ3v) is 5.14. The Morgan fingerprint density at radius 3 is 2.54 bits per heavy atom. The van der Waals surface area contributed by atoms with Crippen molar-refractivity contribution in [3.05, 3.63) is 81.8 Å². The number of nitrogens with one attached hydrogen (secondary N) is 1. The topological polar surface area (TPSA) is 58.6 Å². The Labute approximate surface area is 171 Å². The number of anilines is 2. The number of halogens is 2. The number of carbonyl (C=O) groups is 2. The van der Waals surface area contributed by atoms with E-state index in [1.165, 1.54) is 11.0 Å². The lowest BCUT2D eigenvalue weighted by molar-refractivity contribution is 0.0990. The quantitative estimate of drug-likeness (QED) is 0.593. The molecule has 0 aromatic heterocycles. The minimum absolute atomic E-state index is 0.231. The molecule has 2 amide bonds. The van der Waals surface area contributed by atoms with E-state index in [4.69, 9.17) is 27.9 Å². The molecule has 28 heavy (non-hydrogen) atoms. The van der Waals surface area contributed by atoms with Gasteiger partial charge >= 0.3 is 0 Å². The van der Waals surface area contributed by atoms with E-state index in [9.17, 15) is 9.59 Å². The molecule has 3 aromatic carbocycles. The van der Waals surface area contributed by atoms with Crippen LogP contribution in [0.5, 0.6) is 11.5 Å². The van der Waals surface area contributed by atoms with Crippen LogP contribution in [-0.2, 0) is 0 Å². The van der Waals surface area contributed by atoms with Crippen molar-refractivity contribution < 1.29 is 14.3 Å². The standard InChI is InChI=1S/C21H14Cl2N2O3/c1-25-17-4-2-3-5-19(17)28-18-9-7-13(11-14(18)21(25)27)24-20(26)12-6-8-15(22)16(23)10-12/h2-11H,1H3,(H,24,26). The molecule has 3 aromatic rings. The Morgan fingerprint density at radius 2 is 1.75 bits per heavy atom. The lowest BCUT2D eigenvalue weighted by Gasteiger charge is -2.16. The second-order valence-electron chi connectivity index (χ2n) is 6.23. The Morgan fingerprint density at radius 1 is 0.964 bits per heavy atom. The van der Waals surface area contributed by atoms with Gasteiger partial charge in [-0.15, -0.1) is 0 Å². The maximum Gasteiger partial charge on any atom is 0.261 e. The van der Waals surface area contributed by atoms with Gasteiger partial charge in [-0.3, -0.25) is 9.59 Å². The van der Waals surface area contributed by atoms with Gasteiger partial charge in [-0.05, 0) is 48.5 Å². The first kappa shape index (κ1) is 18.3. The number of hydrogen-bond acceptors (Lipinski definition) is 3. The molecule has 5 nitrogen and oxygen atoms in total. The molecular formula is C21H14Cl2N2O3. The summed E-state index contributed by atoms with van der Waals surface area (Å²) < 4.78 is 5.91. The molecule has 0 fully saturated rings. The number of rotatable bonds is 2. The number of fused-ring (bicyclic) bond motifs is 2. The van der Waals surface area contributed by atoms with E-state index in [0.29, 0.717) is 44.0 Å². The first-order valence-corrected chi connectivity index (χ1v) is 9.15. The number of amides is 2. The summed E-state index contributed by atoms with van der Waals surface area (Å²) in [6, 6.07) is 16.8. The van der Waals surface area contributed by atoms with Crippen LogP contribution in [0, 0.1) is 0 Å². The highest BCUT2D eigenvalue weighted by Crippen LogP contribution is 2.38. The second-order valence-corrected chi connectivity index (χ2v) is 7.04. The summed E-state index contributed by atoms with van der Waals surface area (Å²) in [6.45, 7) is 0. The lowest BCUT2D eigenvalue weighted by atomic mass is 10.1. The van der Waals surface area contributed by atoms with Gasteiger partial charge in [0.2, 0.25) is 0 Å². The van der Waals surface area contributed by atoms with Crippen LogP contribution in [0.2, 0.25) is 10.0 Å². The minimum atomic E-state index is -0.364. The molecule has 0 aliphatic carbocycles. The smallest absolute Gasteiger partial charge is 0.261 e. The van der Waals surface area contributed by atoms with Gasteiger partial charge in [0, 0.05) is 18.3 Å². The Balaban J connectivity index is 1.65. The second kappa shape index (κ2) is 7.19. The predicted octanol–water partition coefficient (Wildman–Crippen LogP) is 5.63. The van der Waals surface area contributed by atoms with Crippen LogP contribution in [0.25, 0.3) is 0 Å². The number of carbonyl (C=O) groups excluding carboxylic acids is 2. The normalized spacial score (nSPS) is 12.5. The fraction of sp³-hybridized carbons (Fsp3) is 0.0476. The van der Waals surface area contributed by atoms with Crippen molar-refractivity contribution in [1.29, 1.82) is 0 Å². The van der Waals surface area contributed by atoms with E-state index in [2.05, 4.69) is 5.32 Å². The number of ether oxygens (including phenoxy) is 1. The molecule has 1 aliphatic heterocycles.